The van der Waals surface area contributed by atoms with E-state index in [0.29, 0.717) is 17.5 Å². The second-order valence-corrected chi connectivity index (χ2v) is 11.2. The van der Waals surface area contributed by atoms with Crippen LogP contribution in [0.5, 0.6) is 0 Å². The van der Waals surface area contributed by atoms with Gasteiger partial charge in [0.05, 0.1) is 0 Å². The average molecular weight is 645 g/mol. The van der Waals surface area contributed by atoms with Crippen molar-refractivity contribution in [1.29, 1.82) is 0 Å². The molecule has 10 nitrogen and oxygen atoms in total. The van der Waals surface area contributed by atoms with Gasteiger partial charge in [-0.1, -0.05) is 43.5 Å². The number of benzene rings is 1. The number of halogens is 6. The van der Waals surface area contributed by atoms with Crippen LogP contribution in [0.1, 0.15) is 49.7 Å². The van der Waals surface area contributed by atoms with E-state index in [9.17, 15) is 35.9 Å². The lowest BCUT2D eigenvalue weighted by Crippen LogP contribution is -2.52. The van der Waals surface area contributed by atoms with Gasteiger partial charge < -0.3 is 31.1 Å². The molecule has 0 unspecified atom stereocenters. The van der Waals surface area contributed by atoms with Gasteiger partial charge in [0.1, 0.15) is 11.6 Å². The van der Waals surface area contributed by atoms with Gasteiger partial charge >= 0.3 is 24.2 Å². The molecule has 1 aliphatic carbocycles. The molecule has 0 bridgehead atoms. The highest BCUT2D eigenvalue weighted by atomic mass is 19.4. The Morgan fingerprint density at radius 3 is 2.09 bits per heavy atom. The molecule has 2 fully saturated rings. The van der Waals surface area contributed by atoms with E-state index in [4.69, 9.17) is 0 Å². The molecule has 2 aliphatic rings. The van der Waals surface area contributed by atoms with Crippen LogP contribution in [-0.2, 0) is 22.7 Å². The molecule has 1 aromatic heterocycles. The highest BCUT2D eigenvalue weighted by Crippen LogP contribution is 2.25. The summed E-state index contributed by atoms with van der Waals surface area (Å²) in [5, 5.41) is 11.7. The summed E-state index contributed by atoms with van der Waals surface area (Å²) in [6, 6.07) is 9.44. The molecule has 45 heavy (non-hydrogen) atoms. The first-order valence-electron chi connectivity index (χ1n) is 15.0. The normalized spacial score (nSPS) is 16.5. The second-order valence-electron chi connectivity index (χ2n) is 11.2. The van der Waals surface area contributed by atoms with Gasteiger partial charge in [-0.25, -0.2) is 0 Å². The standard InChI is InChI=1S/C29H38F6N8O2/c30-28(31,32)25(44)39-23-17-24(42-13-15-43(16-14-42)26(45)29(33,34)35)41-27(40-23)38-19-21-9-7-20(8-10-21)18-36-11-4-12-37-22-5-2-1-3-6-22/h7-10,17,22,36-37H,1-6,11-16,18-19H2,(H2,38,39,40,41,44). The second kappa shape index (κ2) is 15.6. The van der Waals surface area contributed by atoms with E-state index < -0.39 is 30.0 Å². The molecule has 1 aromatic carbocycles. The third kappa shape index (κ3) is 10.7. The van der Waals surface area contributed by atoms with Crippen molar-refractivity contribution in [2.24, 2.45) is 0 Å². The number of piperazine rings is 1. The molecule has 1 saturated carbocycles. The largest absolute Gasteiger partial charge is 0.471 e. The van der Waals surface area contributed by atoms with Crippen LogP contribution in [0, 0.1) is 0 Å². The van der Waals surface area contributed by atoms with Crippen LogP contribution in [0.2, 0.25) is 0 Å². The lowest BCUT2D eigenvalue weighted by Gasteiger charge is -2.35. The van der Waals surface area contributed by atoms with Crippen molar-refractivity contribution < 1.29 is 35.9 Å². The first-order chi connectivity index (χ1) is 21.4. The van der Waals surface area contributed by atoms with Crippen LogP contribution < -0.4 is 26.2 Å². The number of hydrogen-bond acceptors (Lipinski definition) is 8. The molecule has 2 amide bonds. The number of anilines is 3. The van der Waals surface area contributed by atoms with Crippen molar-refractivity contribution >= 4 is 29.4 Å². The number of hydrogen-bond donors (Lipinski definition) is 4. The summed E-state index contributed by atoms with van der Waals surface area (Å²) in [7, 11) is 0. The number of alkyl halides is 6. The molecule has 1 saturated heterocycles. The van der Waals surface area contributed by atoms with Crippen LogP contribution in [-0.4, -0.2) is 84.3 Å². The number of carbonyl (C=O) groups is 2. The van der Waals surface area contributed by atoms with Gasteiger partial charge in [0.2, 0.25) is 5.95 Å². The Bertz CT molecular complexity index is 1260. The predicted octanol–water partition coefficient (Wildman–Crippen LogP) is 4.20. The summed E-state index contributed by atoms with van der Waals surface area (Å²) in [6.45, 7) is 2.13. The number of aromatic nitrogens is 2. The first-order valence-corrected chi connectivity index (χ1v) is 15.0. The van der Waals surface area contributed by atoms with Crippen molar-refractivity contribution in [1.82, 2.24) is 25.5 Å². The lowest BCUT2D eigenvalue weighted by atomic mass is 9.95. The van der Waals surface area contributed by atoms with Gasteiger partial charge in [-0.15, -0.1) is 0 Å². The Kier molecular flexibility index (Phi) is 11.8. The van der Waals surface area contributed by atoms with Gasteiger partial charge in [0, 0.05) is 51.4 Å². The maximum Gasteiger partial charge on any atom is 0.471 e. The molecule has 0 atom stereocenters. The Balaban J connectivity index is 1.30. The van der Waals surface area contributed by atoms with E-state index >= 15 is 0 Å². The summed E-state index contributed by atoms with van der Waals surface area (Å²) >= 11 is 0. The zero-order chi connectivity index (χ0) is 32.5. The molecule has 248 valence electrons. The van der Waals surface area contributed by atoms with Gasteiger partial charge in [-0.2, -0.15) is 36.3 Å². The van der Waals surface area contributed by atoms with E-state index in [1.807, 2.05) is 24.3 Å². The number of carbonyl (C=O) groups excluding carboxylic acids is 2. The molecule has 2 heterocycles. The van der Waals surface area contributed by atoms with Crippen LogP contribution in [0.4, 0.5) is 43.9 Å². The maximum absolute atomic E-state index is 12.9. The SMILES string of the molecule is O=C(Nc1cc(N2CCN(C(=O)C(F)(F)F)CC2)nc(NCc2ccc(CNCCCNC3CCCCC3)cc2)n1)C(F)(F)F. The minimum absolute atomic E-state index is 0.0581. The van der Waals surface area contributed by atoms with Crippen molar-refractivity contribution in [2.45, 2.75) is 70.0 Å². The fourth-order valence-corrected chi connectivity index (χ4v) is 5.26. The van der Waals surface area contributed by atoms with E-state index in [1.165, 1.54) is 37.0 Å². The summed E-state index contributed by atoms with van der Waals surface area (Å²) in [5.41, 5.74) is 1.92. The van der Waals surface area contributed by atoms with Gasteiger partial charge in [-0.3, -0.25) is 9.59 Å². The number of amides is 2. The third-order valence-corrected chi connectivity index (χ3v) is 7.72. The Hall–Kier alpha value is -3.66. The minimum atomic E-state index is -5.16. The summed E-state index contributed by atoms with van der Waals surface area (Å²) in [5.74, 6) is -4.64. The molecule has 2 aromatic rings. The number of rotatable bonds is 12. The van der Waals surface area contributed by atoms with Gasteiger partial charge in [-0.05, 0) is 43.5 Å². The minimum Gasteiger partial charge on any atom is -0.353 e. The Morgan fingerprint density at radius 2 is 1.47 bits per heavy atom. The summed E-state index contributed by atoms with van der Waals surface area (Å²) in [4.78, 5) is 33.5. The van der Waals surface area contributed by atoms with Gasteiger partial charge in [0.15, 0.2) is 0 Å². The van der Waals surface area contributed by atoms with Crippen molar-refractivity contribution in [3.63, 3.8) is 0 Å². The van der Waals surface area contributed by atoms with Crippen LogP contribution in [0.3, 0.4) is 0 Å². The first kappa shape index (κ1) is 34.2. The molecule has 16 heteroatoms. The fraction of sp³-hybridized carbons (Fsp3) is 0.586. The smallest absolute Gasteiger partial charge is 0.353 e. The summed E-state index contributed by atoms with van der Waals surface area (Å²) < 4.78 is 77.1. The Morgan fingerprint density at radius 1 is 0.822 bits per heavy atom. The maximum atomic E-state index is 12.9. The zero-order valence-electron chi connectivity index (χ0n) is 24.7. The molecule has 1 aliphatic heterocycles. The zero-order valence-corrected chi connectivity index (χ0v) is 24.7. The number of nitrogens with one attached hydrogen (secondary N) is 4. The number of nitrogens with zero attached hydrogens (tertiary/aromatic N) is 4. The average Bonchev–Trinajstić information content (AvgIpc) is 3.01. The van der Waals surface area contributed by atoms with Crippen LogP contribution in [0.25, 0.3) is 0 Å². The molecular weight excluding hydrogens is 606 g/mol. The lowest BCUT2D eigenvalue weighted by molar-refractivity contribution is -0.185. The highest BCUT2D eigenvalue weighted by Gasteiger charge is 2.43. The van der Waals surface area contributed by atoms with Crippen molar-refractivity contribution in [3.05, 3.63) is 41.5 Å². The van der Waals surface area contributed by atoms with E-state index in [-0.39, 0.29) is 44.5 Å². The molecular formula is C29H38F6N8O2. The monoisotopic (exact) mass is 644 g/mol. The van der Waals surface area contributed by atoms with E-state index in [2.05, 4.69) is 25.9 Å². The molecule has 4 rings (SSSR count). The third-order valence-electron chi connectivity index (χ3n) is 7.72. The predicted molar refractivity (Wildman–Crippen MR) is 157 cm³/mol. The molecule has 4 N–H and O–H groups in total. The van der Waals surface area contributed by atoms with E-state index in [1.54, 1.807) is 5.32 Å². The highest BCUT2D eigenvalue weighted by molar-refractivity contribution is 5.94. The van der Waals surface area contributed by atoms with Crippen LogP contribution in [0.15, 0.2) is 30.3 Å². The van der Waals surface area contributed by atoms with Crippen molar-refractivity contribution in [2.75, 3.05) is 54.8 Å². The fourth-order valence-electron chi connectivity index (χ4n) is 5.26. The Labute approximate surface area is 257 Å². The quantitative estimate of drug-likeness (QED) is 0.201. The van der Waals surface area contributed by atoms with Crippen LogP contribution >= 0.6 is 0 Å². The van der Waals surface area contributed by atoms with E-state index in [0.717, 1.165) is 36.7 Å². The van der Waals surface area contributed by atoms with Crippen molar-refractivity contribution in [3.8, 4) is 0 Å². The van der Waals surface area contributed by atoms with Gasteiger partial charge in [0.25, 0.3) is 0 Å². The molecule has 0 spiro atoms. The topological polar surface area (TPSA) is 115 Å². The summed E-state index contributed by atoms with van der Waals surface area (Å²) in [6.07, 6.45) is -2.67. The molecule has 0 radical (unpaired) electrons.